The van der Waals surface area contributed by atoms with Crippen LogP contribution in [0.15, 0.2) is 35.0 Å². The number of benzene rings is 1. The molecule has 9 heteroatoms. The van der Waals surface area contributed by atoms with E-state index in [1.165, 1.54) is 17.0 Å². The molecule has 0 spiro atoms. The SMILES string of the molecule is [B]C([B])(O)N1C2=CC(OCc3cccc(F)c3F)=NC(C2)NCC1(C)C. The Morgan fingerprint density at radius 3 is 2.85 bits per heavy atom. The summed E-state index contributed by atoms with van der Waals surface area (Å²) < 4.78 is 32.6. The van der Waals surface area contributed by atoms with Crippen molar-refractivity contribution in [2.45, 2.75) is 44.1 Å². The lowest BCUT2D eigenvalue weighted by atomic mass is 9.69. The number of hydrogen-bond acceptors (Lipinski definition) is 5. The molecule has 0 amide bonds. The van der Waals surface area contributed by atoms with Gasteiger partial charge in [-0.2, -0.15) is 0 Å². The molecule has 1 saturated heterocycles. The molecule has 26 heavy (non-hydrogen) atoms. The van der Waals surface area contributed by atoms with Crippen LogP contribution in [0.4, 0.5) is 8.78 Å². The minimum absolute atomic E-state index is 0.0824. The molecule has 0 aliphatic carbocycles. The molecule has 1 aromatic rings. The van der Waals surface area contributed by atoms with E-state index in [4.69, 9.17) is 20.4 Å². The zero-order chi connectivity index (χ0) is 19.1. The average Bonchev–Trinajstić information content (AvgIpc) is 2.61. The summed E-state index contributed by atoms with van der Waals surface area (Å²) in [5.74, 6) is -1.66. The fourth-order valence-electron chi connectivity index (χ4n) is 3.35. The van der Waals surface area contributed by atoms with Gasteiger partial charge in [-0.25, -0.2) is 13.8 Å². The maximum Gasteiger partial charge on any atom is 0.212 e. The van der Waals surface area contributed by atoms with Crippen molar-refractivity contribution < 1.29 is 18.6 Å². The van der Waals surface area contributed by atoms with E-state index in [-0.39, 0.29) is 24.2 Å². The van der Waals surface area contributed by atoms with Crippen LogP contribution in [0.3, 0.4) is 0 Å². The highest BCUT2D eigenvalue weighted by molar-refractivity contribution is 6.38. The molecule has 1 unspecified atom stereocenters. The number of ether oxygens (including phenoxy) is 1. The standard InChI is InChI=1S/C17H19B2F2N3O2/c1-16(2)9-22-13-6-11(24(16)17(18,19)25)7-14(23-13)26-8-10-4-3-5-12(20)15(10)21/h3-5,7,13,22,25H,6,8-9H2,1-2H3. The van der Waals surface area contributed by atoms with Gasteiger partial charge in [0.2, 0.25) is 5.90 Å². The second-order valence-corrected chi connectivity index (χ2v) is 7.14. The number of dihydropyridines is 1. The first-order valence-electron chi connectivity index (χ1n) is 8.26. The third-order valence-electron chi connectivity index (χ3n) is 4.40. The third-order valence-corrected chi connectivity index (χ3v) is 4.40. The highest BCUT2D eigenvalue weighted by Gasteiger charge is 2.41. The van der Waals surface area contributed by atoms with E-state index in [1.807, 2.05) is 13.8 Å². The summed E-state index contributed by atoms with van der Waals surface area (Å²) in [6, 6.07) is 3.89. The molecular formula is C17H19B2F2N3O2. The van der Waals surface area contributed by atoms with Crippen LogP contribution < -0.4 is 5.32 Å². The molecule has 2 N–H and O–H groups in total. The molecule has 2 aliphatic rings. The molecule has 134 valence electrons. The minimum atomic E-state index is -2.07. The first kappa shape index (κ1) is 18.9. The second-order valence-electron chi connectivity index (χ2n) is 7.14. The number of fused-ring (bicyclic) bond motifs is 2. The highest BCUT2D eigenvalue weighted by atomic mass is 19.2. The molecule has 0 saturated carbocycles. The average molecular weight is 357 g/mol. The van der Waals surface area contributed by atoms with Gasteiger partial charge in [0.25, 0.3) is 0 Å². The minimum Gasteiger partial charge on any atom is -0.473 e. The van der Waals surface area contributed by atoms with Crippen LogP contribution in [0.2, 0.25) is 0 Å². The molecule has 5 nitrogen and oxygen atoms in total. The predicted octanol–water partition coefficient (Wildman–Crippen LogP) is 1.12. The van der Waals surface area contributed by atoms with Crippen LogP contribution in [-0.4, -0.2) is 55.4 Å². The zero-order valence-corrected chi connectivity index (χ0v) is 14.7. The Bertz CT molecular complexity index is 763. The van der Waals surface area contributed by atoms with Gasteiger partial charge < -0.3 is 14.7 Å². The topological polar surface area (TPSA) is 57.1 Å². The number of rotatable bonds is 3. The maximum absolute atomic E-state index is 13.8. The fraction of sp³-hybridized carbons (Fsp3) is 0.471. The lowest BCUT2D eigenvalue weighted by Crippen LogP contribution is -2.60. The molecule has 1 aromatic carbocycles. The molecule has 0 aromatic heterocycles. The van der Waals surface area contributed by atoms with Crippen molar-refractivity contribution in [2.24, 2.45) is 4.99 Å². The van der Waals surface area contributed by atoms with Gasteiger partial charge in [0.15, 0.2) is 11.6 Å². The van der Waals surface area contributed by atoms with E-state index in [1.54, 1.807) is 6.08 Å². The largest absolute Gasteiger partial charge is 0.473 e. The normalized spacial score (nSPS) is 22.3. The van der Waals surface area contributed by atoms with Crippen molar-refractivity contribution in [3.63, 3.8) is 0 Å². The highest BCUT2D eigenvalue weighted by Crippen LogP contribution is 2.33. The summed E-state index contributed by atoms with van der Waals surface area (Å²) in [5, 5.41) is 13.5. The molecule has 1 atom stereocenters. The molecule has 1 fully saturated rings. The van der Waals surface area contributed by atoms with Gasteiger partial charge >= 0.3 is 0 Å². The summed E-state index contributed by atoms with van der Waals surface area (Å²) in [6.07, 6.45) is 1.77. The summed E-state index contributed by atoms with van der Waals surface area (Å²) in [6.45, 7) is 4.06. The summed E-state index contributed by atoms with van der Waals surface area (Å²) >= 11 is 0. The Hall–Kier alpha value is -1.86. The molecule has 2 aliphatic heterocycles. The number of hydrogen-bond donors (Lipinski definition) is 2. The van der Waals surface area contributed by atoms with Crippen LogP contribution in [-0.2, 0) is 11.3 Å². The molecule has 2 bridgehead atoms. The molecular weight excluding hydrogens is 338 g/mol. The smallest absolute Gasteiger partial charge is 0.212 e. The van der Waals surface area contributed by atoms with Crippen molar-refractivity contribution in [3.05, 3.63) is 47.2 Å². The van der Waals surface area contributed by atoms with Crippen molar-refractivity contribution in [2.75, 3.05) is 6.54 Å². The van der Waals surface area contributed by atoms with Crippen LogP contribution in [0.25, 0.3) is 0 Å². The van der Waals surface area contributed by atoms with Crippen molar-refractivity contribution in [1.29, 1.82) is 0 Å². The van der Waals surface area contributed by atoms with E-state index in [2.05, 4.69) is 10.3 Å². The maximum atomic E-state index is 13.8. The lowest BCUT2D eigenvalue weighted by Gasteiger charge is -2.49. The lowest BCUT2D eigenvalue weighted by molar-refractivity contribution is -0.00474. The number of nitrogens with zero attached hydrogens (tertiary/aromatic N) is 2. The molecule has 4 radical (unpaired) electrons. The Morgan fingerprint density at radius 2 is 2.15 bits per heavy atom. The Labute approximate surface area is 153 Å². The first-order valence-corrected chi connectivity index (χ1v) is 8.26. The Balaban J connectivity index is 1.85. The Kier molecular flexibility index (Phi) is 4.88. The summed E-state index contributed by atoms with van der Waals surface area (Å²) in [7, 11) is 11.5. The second kappa shape index (κ2) is 6.70. The van der Waals surface area contributed by atoms with Crippen molar-refractivity contribution in [1.82, 2.24) is 10.2 Å². The van der Waals surface area contributed by atoms with E-state index in [0.717, 1.165) is 6.07 Å². The van der Waals surface area contributed by atoms with Gasteiger partial charge in [0, 0.05) is 41.4 Å². The monoisotopic (exact) mass is 357 g/mol. The van der Waals surface area contributed by atoms with Gasteiger partial charge in [0.05, 0.1) is 0 Å². The summed E-state index contributed by atoms with van der Waals surface area (Å²) in [5.41, 5.74) is -1.93. The van der Waals surface area contributed by atoms with E-state index >= 15 is 0 Å². The van der Waals surface area contributed by atoms with Crippen LogP contribution in [0, 0.1) is 11.6 Å². The van der Waals surface area contributed by atoms with Gasteiger partial charge in [-0.05, 0) is 19.9 Å². The predicted molar refractivity (Wildman–Crippen MR) is 95.4 cm³/mol. The quantitative estimate of drug-likeness (QED) is 0.797. The number of halogens is 2. The van der Waals surface area contributed by atoms with Gasteiger partial charge in [0.1, 0.15) is 28.5 Å². The first-order chi connectivity index (χ1) is 12.1. The van der Waals surface area contributed by atoms with Crippen molar-refractivity contribution in [3.8, 4) is 0 Å². The number of nitrogens with one attached hydrogen (secondary N) is 1. The van der Waals surface area contributed by atoms with Gasteiger partial charge in [-0.3, -0.25) is 5.32 Å². The van der Waals surface area contributed by atoms with Gasteiger partial charge in [-0.1, -0.05) is 12.1 Å². The van der Waals surface area contributed by atoms with E-state index < -0.39 is 22.7 Å². The fourth-order valence-corrected chi connectivity index (χ4v) is 3.35. The third kappa shape index (κ3) is 3.78. The molecule has 3 rings (SSSR count). The van der Waals surface area contributed by atoms with E-state index in [0.29, 0.717) is 18.7 Å². The Morgan fingerprint density at radius 1 is 1.42 bits per heavy atom. The van der Waals surface area contributed by atoms with Crippen LogP contribution >= 0.6 is 0 Å². The zero-order valence-electron chi connectivity index (χ0n) is 14.7. The van der Waals surface area contributed by atoms with Crippen LogP contribution in [0.1, 0.15) is 25.8 Å². The van der Waals surface area contributed by atoms with Crippen molar-refractivity contribution >= 4 is 21.6 Å². The number of aliphatic hydroxyl groups is 1. The molecule has 2 heterocycles. The van der Waals surface area contributed by atoms with Crippen LogP contribution in [0.5, 0.6) is 0 Å². The van der Waals surface area contributed by atoms with Gasteiger partial charge in [-0.15, -0.1) is 0 Å². The van der Waals surface area contributed by atoms with E-state index in [9.17, 15) is 13.9 Å². The summed E-state index contributed by atoms with van der Waals surface area (Å²) in [4.78, 5) is 5.92. The number of aliphatic imine (C=N–C) groups is 1.